The van der Waals surface area contributed by atoms with Gasteiger partial charge in [-0.1, -0.05) is 20.8 Å². The lowest BCUT2D eigenvalue weighted by molar-refractivity contribution is -0.135. The Morgan fingerprint density at radius 3 is 2.63 bits per heavy atom. The number of hydrogen-bond donors (Lipinski definition) is 1. The van der Waals surface area contributed by atoms with Crippen LogP contribution >= 0.6 is 0 Å². The minimum absolute atomic E-state index is 0.118. The van der Waals surface area contributed by atoms with Crippen LogP contribution in [0.3, 0.4) is 0 Å². The van der Waals surface area contributed by atoms with Crippen molar-refractivity contribution in [2.75, 3.05) is 38.1 Å². The number of nitrogens with one attached hydrogen (secondary N) is 1. The van der Waals surface area contributed by atoms with E-state index in [0.29, 0.717) is 13.1 Å². The lowest BCUT2D eigenvalue weighted by Gasteiger charge is -2.45. The molecular weight excluding hydrogens is 476 g/mol. The van der Waals surface area contributed by atoms with E-state index in [1.807, 2.05) is 16.5 Å². The van der Waals surface area contributed by atoms with Gasteiger partial charge in [0.05, 0.1) is 23.3 Å². The lowest BCUT2D eigenvalue weighted by Crippen LogP contribution is -2.59. The van der Waals surface area contributed by atoms with Crippen molar-refractivity contribution in [3.05, 3.63) is 41.3 Å². The Hall–Kier alpha value is -3.46. The number of fused-ring (bicyclic) bond motifs is 2. The van der Waals surface area contributed by atoms with E-state index in [1.165, 1.54) is 11.1 Å². The number of carbonyl (C=O) groups is 1. The first-order valence-electron chi connectivity index (χ1n) is 13.7. The van der Waals surface area contributed by atoms with Crippen LogP contribution in [-0.4, -0.2) is 85.6 Å². The molecule has 0 bridgehead atoms. The molecule has 0 aromatic carbocycles. The molecule has 1 aliphatic rings. The summed E-state index contributed by atoms with van der Waals surface area (Å²) in [6.07, 6.45) is 3.67. The van der Waals surface area contributed by atoms with Crippen molar-refractivity contribution in [1.29, 1.82) is 0 Å². The molecule has 1 saturated heterocycles. The van der Waals surface area contributed by atoms with E-state index in [2.05, 4.69) is 91.7 Å². The summed E-state index contributed by atoms with van der Waals surface area (Å²) in [6, 6.07) is 4.55. The zero-order valence-electron chi connectivity index (χ0n) is 23.9. The van der Waals surface area contributed by atoms with Gasteiger partial charge in [-0.2, -0.15) is 5.10 Å². The fraction of sp³-hybridized carbons (Fsp3) is 0.517. The maximum absolute atomic E-state index is 13.0. The lowest BCUT2D eigenvalue weighted by atomic mass is 9.95. The predicted molar refractivity (Wildman–Crippen MR) is 153 cm³/mol. The molecule has 0 aliphatic carbocycles. The number of nitrogens with zero attached hydrogens (tertiary/aromatic N) is 7. The van der Waals surface area contributed by atoms with E-state index >= 15 is 0 Å². The van der Waals surface area contributed by atoms with Crippen molar-refractivity contribution in [3.8, 4) is 11.3 Å². The molecular formula is C29H40N8O. The molecule has 202 valence electrons. The Labute approximate surface area is 224 Å². The van der Waals surface area contributed by atoms with Crippen LogP contribution in [-0.2, 0) is 4.79 Å². The summed E-state index contributed by atoms with van der Waals surface area (Å²) in [5.41, 5.74) is 8.66. The SMILES string of the molecule is CCN(C)CC(=O)N1C[C@H](C)N(c2ccc3[nH]c(-c4cn5ncnc5c(C)c4C)c(C(C)C)c3n2)C[C@H]1C. The second kappa shape index (κ2) is 10.0. The number of carbonyl (C=O) groups excluding carboxylic acids is 1. The van der Waals surface area contributed by atoms with Gasteiger partial charge in [0.15, 0.2) is 5.65 Å². The highest BCUT2D eigenvalue weighted by atomic mass is 16.2. The minimum Gasteiger partial charge on any atom is -0.353 e. The van der Waals surface area contributed by atoms with E-state index in [0.717, 1.165) is 52.4 Å². The highest BCUT2D eigenvalue weighted by molar-refractivity contribution is 5.90. The summed E-state index contributed by atoms with van der Waals surface area (Å²) in [7, 11) is 1.99. The van der Waals surface area contributed by atoms with Crippen LogP contribution in [0.1, 0.15) is 57.2 Å². The van der Waals surface area contributed by atoms with Crippen LogP contribution in [0.15, 0.2) is 24.7 Å². The summed E-state index contributed by atoms with van der Waals surface area (Å²) < 4.78 is 1.86. The van der Waals surface area contributed by atoms with Gasteiger partial charge in [0.1, 0.15) is 12.1 Å². The van der Waals surface area contributed by atoms with E-state index in [4.69, 9.17) is 4.98 Å². The van der Waals surface area contributed by atoms with E-state index < -0.39 is 0 Å². The molecule has 5 heterocycles. The van der Waals surface area contributed by atoms with Gasteiger partial charge in [0, 0.05) is 42.5 Å². The first-order chi connectivity index (χ1) is 18.1. The van der Waals surface area contributed by atoms with Gasteiger partial charge in [0.25, 0.3) is 0 Å². The monoisotopic (exact) mass is 516 g/mol. The Balaban J connectivity index is 1.52. The van der Waals surface area contributed by atoms with Gasteiger partial charge in [-0.25, -0.2) is 14.5 Å². The largest absolute Gasteiger partial charge is 0.353 e. The number of pyridine rings is 2. The van der Waals surface area contributed by atoms with Gasteiger partial charge in [-0.05, 0) is 70.5 Å². The molecule has 0 radical (unpaired) electrons. The second-order valence-corrected chi connectivity index (χ2v) is 11.2. The third-order valence-electron chi connectivity index (χ3n) is 8.18. The number of piperazine rings is 1. The molecule has 1 fully saturated rings. The average molecular weight is 517 g/mol. The molecule has 1 N–H and O–H groups in total. The maximum atomic E-state index is 13.0. The number of aromatic nitrogens is 5. The first kappa shape index (κ1) is 26.2. The number of aryl methyl sites for hydroxylation is 1. The number of hydrogen-bond acceptors (Lipinski definition) is 6. The molecule has 1 aliphatic heterocycles. The Morgan fingerprint density at radius 1 is 1.16 bits per heavy atom. The summed E-state index contributed by atoms with van der Waals surface area (Å²) in [5.74, 6) is 1.43. The van der Waals surface area contributed by atoms with Gasteiger partial charge in [-0.15, -0.1) is 0 Å². The van der Waals surface area contributed by atoms with Gasteiger partial charge in [0.2, 0.25) is 5.91 Å². The molecule has 2 atom stereocenters. The normalized spacial score (nSPS) is 18.5. The van der Waals surface area contributed by atoms with Gasteiger partial charge in [-0.3, -0.25) is 9.69 Å². The van der Waals surface area contributed by atoms with Crippen molar-refractivity contribution in [1.82, 2.24) is 34.4 Å². The van der Waals surface area contributed by atoms with Crippen LogP contribution in [0, 0.1) is 13.8 Å². The highest BCUT2D eigenvalue weighted by Crippen LogP contribution is 2.38. The third-order valence-corrected chi connectivity index (χ3v) is 8.18. The molecule has 38 heavy (non-hydrogen) atoms. The quantitative estimate of drug-likeness (QED) is 0.409. The zero-order valence-corrected chi connectivity index (χ0v) is 23.9. The summed E-state index contributed by atoms with van der Waals surface area (Å²) in [6.45, 7) is 17.9. The molecule has 9 nitrogen and oxygen atoms in total. The van der Waals surface area contributed by atoms with Crippen LogP contribution in [0.4, 0.5) is 5.82 Å². The van der Waals surface area contributed by atoms with Crippen LogP contribution in [0.25, 0.3) is 27.9 Å². The van der Waals surface area contributed by atoms with Gasteiger partial charge < -0.3 is 14.8 Å². The number of H-pyrrole nitrogens is 1. The molecule has 0 spiro atoms. The number of rotatable bonds is 6. The molecule has 0 saturated carbocycles. The second-order valence-electron chi connectivity index (χ2n) is 11.2. The van der Waals surface area contributed by atoms with Crippen LogP contribution in [0.2, 0.25) is 0 Å². The van der Waals surface area contributed by atoms with Crippen LogP contribution in [0.5, 0.6) is 0 Å². The van der Waals surface area contributed by atoms with E-state index in [1.54, 1.807) is 6.33 Å². The Morgan fingerprint density at radius 2 is 1.92 bits per heavy atom. The Kier molecular flexibility index (Phi) is 6.90. The third kappa shape index (κ3) is 4.42. The molecule has 5 rings (SSSR count). The number of amides is 1. The summed E-state index contributed by atoms with van der Waals surface area (Å²) in [4.78, 5) is 32.7. The maximum Gasteiger partial charge on any atom is 0.237 e. The smallest absolute Gasteiger partial charge is 0.237 e. The first-order valence-corrected chi connectivity index (χ1v) is 13.7. The van der Waals surface area contributed by atoms with E-state index in [-0.39, 0.29) is 23.9 Å². The van der Waals surface area contributed by atoms with Crippen molar-refractivity contribution in [3.63, 3.8) is 0 Å². The fourth-order valence-corrected chi connectivity index (χ4v) is 5.69. The van der Waals surface area contributed by atoms with Crippen molar-refractivity contribution in [2.45, 2.75) is 66.5 Å². The highest BCUT2D eigenvalue weighted by Gasteiger charge is 2.33. The number of anilines is 1. The van der Waals surface area contributed by atoms with Crippen LogP contribution < -0.4 is 4.90 Å². The fourth-order valence-electron chi connectivity index (χ4n) is 5.69. The van der Waals surface area contributed by atoms with Gasteiger partial charge >= 0.3 is 0 Å². The van der Waals surface area contributed by atoms with Crippen molar-refractivity contribution < 1.29 is 4.79 Å². The predicted octanol–water partition coefficient (Wildman–Crippen LogP) is 4.39. The zero-order chi connectivity index (χ0) is 27.3. The molecule has 4 aromatic heterocycles. The average Bonchev–Trinajstić information content (AvgIpc) is 3.51. The van der Waals surface area contributed by atoms with E-state index in [9.17, 15) is 4.79 Å². The van der Waals surface area contributed by atoms with Crippen molar-refractivity contribution in [2.24, 2.45) is 0 Å². The van der Waals surface area contributed by atoms with Crippen molar-refractivity contribution >= 4 is 28.4 Å². The molecule has 1 amide bonds. The summed E-state index contributed by atoms with van der Waals surface area (Å²) in [5, 5.41) is 4.40. The number of aromatic amines is 1. The molecule has 9 heteroatoms. The molecule has 4 aromatic rings. The topological polar surface area (TPSA) is 85.7 Å². The standard InChI is InChI=1S/C29H40N8O/c1-9-34(8)15-25(38)36-13-18(4)35(12-19(36)5)24-11-10-23-28(33-24)26(17(2)3)27(32-23)22-14-37-29(30-16-31-37)21(7)20(22)6/h10-11,14,16-19,32H,9,12-13,15H2,1-8H3/t18-,19+/m0/s1. The Bertz CT molecular complexity index is 1490. The molecule has 0 unspecified atom stereocenters. The minimum atomic E-state index is 0.118. The number of likely N-dealkylation sites (N-methyl/N-ethyl adjacent to an activating group) is 1. The summed E-state index contributed by atoms with van der Waals surface area (Å²) >= 11 is 0.